The predicted octanol–water partition coefficient (Wildman–Crippen LogP) is 2.16. The number of rotatable bonds is 5. The fourth-order valence-electron chi connectivity index (χ4n) is 2.45. The quantitative estimate of drug-likeness (QED) is 0.881. The van der Waals surface area contributed by atoms with E-state index >= 15 is 0 Å². The Labute approximate surface area is 128 Å². The Balaban J connectivity index is 1.63. The Hall–Kier alpha value is -1.89. The zero-order valence-electron chi connectivity index (χ0n) is 12.0. The van der Waals surface area contributed by atoms with Gasteiger partial charge in [-0.2, -0.15) is 26.3 Å². The third-order valence-electron chi connectivity index (χ3n) is 3.56. The molecule has 2 aromatic rings. The first kappa shape index (κ1) is 14.1. The van der Waals surface area contributed by atoms with Gasteiger partial charge in [0.15, 0.2) is 0 Å². The number of thiophene rings is 1. The Bertz CT molecular complexity index is 565. The third-order valence-corrected chi connectivity index (χ3v) is 4.29. The Morgan fingerprint density at radius 1 is 1.19 bits per heavy atom. The Morgan fingerprint density at radius 2 is 2.05 bits per heavy atom. The number of aromatic nitrogens is 3. The minimum atomic E-state index is 0.281. The SMILES string of the molecule is Nc1nc(NCCc2ccsc2)nc(N2CCCCC2)n1. The summed E-state index contributed by atoms with van der Waals surface area (Å²) >= 11 is 1.71. The summed E-state index contributed by atoms with van der Waals surface area (Å²) in [6.07, 6.45) is 4.61. The van der Waals surface area contributed by atoms with Crippen LogP contribution in [-0.4, -0.2) is 34.6 Å². The van der Waals surface area contributed by atoms with E-state index < -0.39 is 0 Å². The molecular weight excluding hydrogens is 284 g/mol. The molecule has 0 aromatic carbocycles. The summed E-state index contributed by atoms with van der Waals surface area (Å²) in [5.74, 6) is 1.54. The zero-order chi connectivity index (χ0) is 14.5. The number of nitrogen functional groups attached to an aromatic ring is 1. The van der Waals surface area contributed by atoms with E-state index in [9.17, 15) is 0 Å². The highest BCUT2D eigenvalue weighted by Gasteiger charge is 2.15. The summed E-state index contributed by atoms with van der Waals surface area (Å²) in [6, 6.07) is 2.13. The van der Waals surface area contributed by atoms with Crippen molar-refractivity contribution in [1.29, 1.82) is 0 Å². The van der Waals surface area contributed by atoms with Crippen molar-refractivity contribution in [3.63, 3.8) is 0 Å². The average Bonchev–Trinajstić information content (AvgIpc) is 3.01. The molecule has 0 bridgehead atoms. The van der Waals surface area contributed by atoms with Gasteiger partial charge in [0.25, 0.3) is 0 Å². The van der Waals surface area contributed by atoms with Crippen molar-refractivity contribution in [3.8, 4) is 0 Å². The van der Waals surface area contributed by atoms with Crippen LogP contribution in [0.1, 0.15) is 24.8 Å². The second kappa shape index (κ2) is 6.71. The van der Waals surface area contributed by atoms with Gasteiger partial charge in [-0.25, -0.2) is 0 Å². The largest absolute Gasteiger partial charge is 0.368 e. The van der Waals surface area contributed by atoms with Gasteiger partial charge < -0.3 is 16.0 Å². The summed E-state index contributed by atoms with van der Waals surface area (Å²) in [4.78, 5) is 15.1. The molecule has 1 saturated heterocycles. The van der Waals surface area contributed by atoms with Crippen LogP contribution in [-0.2, 0) is 6.42 Å². The van der Waals surface area contributed by atoms with Crippen molar-refractivity contribution < 1.29 is 0 Å². The normalized spacial score (nSPS) is 15.1. The van der Waals surface area contributed by atoms with Crippen LogP contribution in [0.3, 0.4) is 0 Å². The van der Waals surface area contributed by atoms with Gasteiger partial charge in [-0.3, -0.25) is 0 Å². The molecule has 2 aromatic heterocycles. The first-order valence-electron chi connectivity index (χ1n) is 7.33. The van der Waals surface area contributed by atoms with Crippen molar-refractivity contribution in [2.45, 2.75) is 25.7 Å². The van der Waals surface area contributed by atoms with E-state index in [0.717, 1.165) is 26.1 Å². The van der Waals surface area contributed by atoms with Crippen LogP contribution in [0.4, 0.5) is 17.8 Å². The minimum absolute atomic E-state index is 0.281. The van der Waals surface area contributed by atoms with E-state index in [2.05, 4.69) is 42.0 Å². The fraction of sp³-hybridized carbons (Fsp3) is 0.500. The minimum Gasteiger partial charge on any atom is -0.368 e. The van der Waals surface area contributed by atoms with E-state index in [-0.39, 0.29) is 5.95 Å². The lowest BCUT2D eigenvalue weighted by atomic mass is 10.1. The van der Waals surface area contributed by atoms with Crippen molar-refractivity contribution in [3.05, 3.63) is 22.4 Å². The maximum absolute atomic E-state index is 5.81. The summed E-state index contributed by atoms with van der Waals surface area (Å²) < 4.78 is 0. The molecule has 3 N–H and O–H groups in total. The van der Waals surface area contributed by atoms with Gasteiger partial charge in [-0.15, -0.1) is 0 Å². The molecule has 0 unspecified atom stereocenters. The number of nitrogens with zero attached hydrogens (tertiary/aromatic N) is 4. The molecule has 21 heavy (non-hydrogen) atoms. The second-order valence-electron chi connectivity index (χ2n) is 5.17. The second-order valence-corrected chi connectivity index (χ2v) is 5.95. The number of hydrogen-bond donors (Lipinski definition) is 2. The number of anilines is 3. The molecule has 3 heterocycles. The molecule has 0 spiro atoms. The first-order chi connectivity index (χ1) is 10.3. The lowest BCUT2D eigenvalue weighted by Gasteiger charge is -2.26. The maximum Gasteiger partial charge on any atom is 0.231 e. The summed E-state index contributed by atoms with van der Waals surface area (Å²) in [5.41, 5.74) is 7.13. The van der Waals surface area contributed by atoms with Crippen LogP contribution in [0.25, 0.3) is 0 Å². The van der Waals surface area contributed by atoms with Crippen molar-refractivity contribution >= 4 is 29.2 Å². The van der Waals surface area contributed by atoms with Crippen molar-refractivity contribution in [1.82, 2.24) is 15.0 Å². The average molecular weight is 304 g/mol. The van der Waals surface area contributed by atoms with Gasteiger partial charge in [0.2, 0.25) is 17.8 Å². The highest BCUT2D eigenvalue weighted by Crippen LogP contribution is 2.17. The molecule has 7 heteroatoms. The lowest BCUT2D eigenvalue weighted by Crippen LogP contribution is -2.31. The molecule has 3 rings (SSSR count). The lowest BCUT2D eigenvalue weighted by molar-refractivity contribution is 0.568. The number of nitrogens with one attached hydrogen (secondary N) is 1. The third kappa shape index (κ3) is 3.81. The summed E-state index contributed by atoms with van der Waals surface area (Å²) in [6.45, 7) is 2.79. The van der Waals surface area contributed by atoms with Crippen molar-refractivity contribution in [2.75, 3.05) is 35.6 Å². The van der Waals surface area contributed by atoms with Gasteiger partial charge in [0, 0.05) is 19.6 Å². The van der Waals surface area contributed by atoms with E-state index in [4.69, 9.17) is 5.73 Å². The van der Waals surface area contributed by atoms with E-state index in [0.29, 0.717) is 11.9 Å². The van der Waals surface area contributed by atoms with Gasteiger partial charge in [0.1, 0.15) is 0 Å². The van der Waals surface area contributed by atoms with E-state index in [1.807, 2.05) is 0 Å². The van der Waals surface area contributed by atoms with Crippen LogP contribution in [0.5, 0.6) is 0 Å². The first-order valence-corrected chi connectivity index (χ1v) is 8.27. The van der Waals surface area contributed by atoms with Crippen LogP contribution in [0.15, 0.2) is 16.8 Å². The topological polar surface area (TPSA) is 80.0 Å². The number of piperidine rings is 1. The van der Waals surface area contributed by atoms with E-state index in [1.54, 1.807) is 11.3 Å². The van der Waals surface area contributed by atoms with Crippen LogP contribution in [0.2, 0.25) is 0 Å². The van der Waals surface area contributed by atoms with Gasteiger partial charge in [-0.1, -0.05) is 0 Å². The molecule has 0 aliphatic carbocycles. The Kier molecular flexibility index (Phi) is 4.49. The molecule has 112 valence electrons. The smallest absolute Gasteiger partial charge is 0.231 e. The highest BCUT2D eigenvalue weighted by atomic mass is 32.1. The van der Waals surface area contributed by atoms with Gasteiger partial charge in [-0.05, 0) is 48.1 Å². The highest BCUT2D eigenvalue weighted by molar-refractivity contribution is 7.07. The number of hydrogen-bond acceptors (Lipinski definition) is 7. The molecule has 6 nitrogen and oxygen atoms in total. The molecule has 0 saturated carbocycles. The van der Waals surface area contributed by atoms with Crippen LogP contribution < -0.4 is 16.0 Å². The maximum atomic E-state index is 5.81. The Morgan fingerprint density at radius 3 is 2.81 bits per heavy atom. The molecular formula is C14H20N6S. The molecule has 0 atom stereocenters. The zero-order valence-corrected chi connectivity index (χ0v) is 12.8. The summed E-state index contributed by atoms with van der Waals surface area (Å²) in [7, 11) is 0. The summed E-state index contributed by atoms with van der Waals surface area (Å²) in [5, 5.41) is 7.48. The van der Waals surface area contributed by atoms with Crippen LogP contribution in [0, 0.1) is 0 Å². The fourth-order valence-corrected chi connectivity index (χ4v) is 3.15. The van der Waals surface area contributed by atoms with Gasteiger partial charge >= 0.3 is 0 Å². The predicted molar refractivity (Wildman–Crippen MR) is 86.8 cm³/mol. The molecule has 0 amide bonds. The number of nitrogens with two attached hydrogens (primary N) is 1. The van der Waals surface area contributed by atoms with Crippen LogP contribution >= 0.6 is 11.3 Å². The van der Waals surface area contributed by atoms with E-state index in [1.165, 1.54) is 24.8 Å². The standard InChI is InChI=1S/C14H20N6S/c15-12-17-13(16-6-4-11-5-9-21-10-11)19-14(18-12)20-7-2-1-3-8-20/h5,9-10H,1-4,6-8H2,(H3,15,16,17,18,19). The van der Waals surface area contributed by atoms with Crippen molar-refractivity contribution in [2.24, 2.45) is 0 Å². The molecule has 0 radical (unpaired) electrons. The van der Waals surface area contributed by atoms with Gasteiger partial charge in [0.05, 0.1) is 0 Å². The molecule has 1 fully saturated rings. The molecule has 1 aliphatic rings. The molecule has 1 aliphatic heterocycles. The monoisotopic (exact) mass is 304 g/mol.